The highest BCUT2D eigenvalue weighted by atomic mass is 35.5. The number of hydrogen-bond donors (Lipinski definition) is 1. The standard InChI is InChI=1S/C22H21ClN2O3/c1-2-6-18(15-7-4-3-5-8-15)25-21(26)14-28-22(27)17-9-11-19-16(13-17)10-12-20(23)24-19/h3-5,7-13,18H,2,6,14H2,1H3,(H,25,26). The molecule has 1 N–H and O–H groups in total. The van der Waals surface area contributed by atoms with Crippen LogP contribution in [0.15, 0.2) is 60.7 Å². The Morgan fingerprint density at radius 2 is 1.89 bits per heavy atom. The average Bonchev–Trinajstić information content (AvgIpc) is 2.72. The fourth-order valence-electron chi connectivity index (χ4n) is 2.97. The first-order valence-electron chi connectivity index (χ1n) is 9.14. The number of ether oxygens (including phenoxy) is 1. The summed E-state index contributed by atoms with van der Waals surface area (Å²) in [6.45, 7) is 1.73. The number of pyridine rings is 1. The number of aromatic nitrogens is 1. The van der Waals surface area contributed by atoms with Crippen molar-refractivity contribution < 1.29 is 14.3 Å². The van der Waals surface area contributed by atoms with Crippen LogP contribution in [0.3, 0.4) is 0 Å². The molecular formula is C22H21ClN2O3. The highest BCUT2D eigenvalue weighted by Crippen LogP contribution is 2.19. The van der Waals surface area contributed by atoms with Crippen molar-refractivity contribution in [1.29, 1.82) is 0 Å². The molecule has 1 amide bonds. The van der Waals surface area contributed by atoms with Gasteiger partial charge in [0.2, 0.25) is 0 Å². The second-order valence-corrected chi connectivity index (χ2v) is 6.82. The molecule has 1 unspecified atom stereocenters. The van der Waals surface area contributed by atoms with E-state index in [1.165, 1.54) is 0 Å². The lowest BCUT2D eigenvalue weighted by Crippen LogP contribution is -2.32. The summed E-state index contributed by atoms with van der Waals surface area (Å²) in [6, 6.07) is 18.1. The monoisotopic (exact) mass is 396 g/mol. The van der Waals surface area contributed by atoms with Crippen molar-refractivity contribution in [3.8, 4) is 0 Å². The number of esters is 1. The zero-order valence-corrected chi connectivity index (χ0v) is 16.3. The fourth-order valence-corrected chi connectivity index (χ4v) is 3.13. The summed E-state index contributed by atoms with van der Waals surface area (Å²) in [5.74, 6) is -0.886. The summed E-state index contributed by atoms with van der Waals surface area (Å²) in [7, 11) is 0. The maximum Gasteiger partial charge on any atom is 0.338 e. The summed E-state index contributed by atoms with van der Waals surface area (Å²) >= 11 is 5.87. The highest BCUT2D eigenvalue weighted by molar-refractivity contribution is 6.29. The van der Waals surface area contributed by atoms with Crippen molar-refractivity contribution in [3.63, 3.8) is 0 Å². The predicted octanol–water partition coefficient (Wildman–Crippen LogP) is 4.70. The van der Waals surface area contributed by atoms with Gasteiger partial charge in [-0.1, -0.05) is 55.3 Å². The van der Waals surface area contributed by atoms with Gasteiger partial charge in [-0.05, 0) is 42.3 Å². The number of benzene rings is 2. The lowest BCUT2D eigenvalue weighted by molar-refractivity contribution is -0.125. The maximum absolute atomic E-state index is 12.3. The molecule has 2 aromatic carbocycles. The molecule has 3 rings (SSSR count). The van der Waals surface area contributed by atoms with Gasteiger partial charge in [0.15, 0.2) is 6.61 Å². The molecule has 0 aliphatic rings. The lowest BCUT2D eigenvalue weighted by Gasteiger charge is -2.18. The smallest absolute Gasteiger partial charge is 0.338 e. The highest BCUT2D eigenvalue weighted by Gasteiger charge is 2.16. The molecule has 1 aromatic heterocycles. The summed E-state index contributed by atoms with van der Waals surface area (Å²) in [6.07, 6.45) is 1.73. The number of carbonyl (C=O) groups is 2. The van der Waals surface area contributed by atoms with Gasteiger partial charge in [-0.15, -0.1) is 0 Å². The molecule has 0 fully saturated rings. The zero-order chi connectivity index (χ0) is 19.9. The van der Waals surface area contributed by atoms with E-state index in [4.69, 9.17) is 16.3 Å². The first-order chi connectivity index (χ1) is 13.6. The van der Waals surface area contributed by atoms with Gasteiger partial charge in [0.1, 0.15) is 5.15 Å². The van der Waals surface area contributed by atoms with Crippen LogP contribution in [0.25, 0.3) is 10.9 Å². The topological polar surface area (TPSA) is 68.3 Å². The molecule has 144 valence electrons. The number of halogens is 1. The van der Waals surface area contributed by atoms with Crippen molar-refractivity contribution in [2.24, 2.45) is 0 Å². The maximum atomic E-state index is 12.3. The van der Waals surface area contributed by atoms with Crippen LogP contribution >= 0.6 is 11.6 Å². The van der Waals surface area contributed by atoms with E-state index in [-0.39, 0.29) is 18.6 Å². The second-order valence-electron chi connectivity index (χ2n) is 6.44. The Balaban J connectivity index is 1.60. The number of hydrogen-bond acceptors (Lipinski definition) is 4. The minimum Gasteiger partial charge on any atom is -0.452 e. The van der Waals surface area contributed by atoms with Gasteiger partial charge in [0.25, 0.3) is 5.91 Å². The molecule has 0 saturated carbocycles. The molecule has 0 aliphatic carbocycles. The number of amides is 1. The lowest BCUT2D eigenvalue weighted by atomic mass is 10.0. The summed E-state index contributed by atoms with van der Waals surface area (Å²) in [5.41, 5.74) is 2.08. The van der Waals surface area contributed by atoms with Gasteiger partial charge in [-0.2, -0.15) is 0 Å². The van der Waals surface area contributed by atoms with E-state index in [0.29, 0.717) is 16.2 Å². The van der Waals surface area contributed by atoms with Gasteiger partial charge in [-0.25, -0.2) is 9.78 Å². The second kappa shape index (κ2) is 9.33. The van der Waals surface area contributed by atoms with Crippen molar-refractivity contribution in [3.05, 3.63) is 76.9 Å². The van der Waals surface area contributed by atoms with Gasteiger partial charge in [-0.3, -0.25) is 4.79 Å². The van der Waals surface area contributed by atoms with E-state index in [1.54, 1.807) is 30.3 Å². The fraction of sp³-hybridized carbons (Fsp3) is 0.227. The summed E-state index contributed by atoms with van der Waals surface area (Å²) in [4.78, 5) is 28.7. The van der Waals surface area contributed by atoms with Crippen molar-refractivity contribution in [2.45, 2.75) is 25.8 Å². The Kier molecular flexibility index (Phi) is 6.61. The Hall–Kier alpha value is -2.92. The van der Waals surface area contributed by atoms with Crippen LogP contribution in [0.5, 0.6) is 0 Å². The Labute approximate surface area is 168 Å². The molecular weight excluding hydrogens is 376 g/mol. The number of rotatable bonds is 7. The zero-order valence-electron chi connectivity index (χ0n) is 15.5. The first-order valence-corrected chi connectivity index (χ1v) is 9.52. The van der Waals surface area contributed by atoms with Crippen LogP contribution in [0, 0.1) is 0 Å². The predicted molar refractivity (Wildman–Crippen MR) is 109 cm³/mol. The number of carbonyl (C=O) groups excluding carboxylic acids is 2. The molecule has 3 aromatic rings. The van der Waals surface area contributed by atoms with Gasteiger partial charge in [0.05, 0.1) is 17.1 Å². The van der Waals surface area contributed by atoms with Crippen molar-refractivity contribution in [2.75, 3.05) is 6.61 Å². The van der Waals surface area contributed by atoms with Crippen molar-refractivity contribution >= 4 is 34.4 Å². The van der Waals surface area contributed by atoms with E-state index in [2.05, 4.69) is 17.2 Å². The van der Waals surface area contributed by atoms with Gasteiger partial charge in [0, 0.05) is 5.39 Å². The Bertz CT molecular complexity index is 976. The van der Waals surface area contributed by atoms with E-state index >= 15 is 0 Å². The Morgan fingerprint density at radius 3 is 2.64 bits per heavy atom. The van der Waals surface area contributed by atoms with E-state index < -0.39 is 5.97 Å². The molecule has 0 saturated heterocycles. The van der Waals surface area contributed by atoms with Crippen molar-refractivity contribution in [1.82, 2.24) is 10.3 Å². The third kappa shape index (κ3) is 5.08. The number of nitrogens with zero attached hydrogens (tertiary/aromatic N) is 1. The Morgan fingerprint density at radius 1 is 1.11 bits per heavy atom. The average molecular weight is 397 g/mol. The van der Waals surface area contributed by atoms with E-state index in [0.717, 1.165) is 23.8 Å². The molecule has 1 heterocycles. The summed E-state index contributed by atoms with van der Waals surface area (Å²) < 4.78 is 5.18. The third-order valence-electron chi connectivity index (χ3n) is 4.34. The molecule has 0 bridgehead atoms. The largest absolute Gasteiger partial charge is 0.452 e. The number of nitrogens with one attached hydrogen (secondary N) is 1. The SMILES string of the molecule is CCCC(NC(=O)COC(=O)c1ccc2nc(Cl)ccc2c1)c1ccccc1. The van der Waals surface area contributed by atoms with Gasteiger partial charge >= 0.3 is 5.97 Å². The molecule has 1 atom stereocenters. The molecule has 6 heteroatoms. The van der Waals surface area contributed by atoms with Crippen LogP contribution in [-0.4, -0.2) is 23.5 Å². The minimum absolute atomic E-state index is 0.103. The molecule has 28 heavy (non-hydrogen) atoms. The van der Waals surface area contributed by atoms with E-state index in [9.17, 15) is 9.59 Å². The minimum atomic E-state index is -0.557. The molecule has 5 nitrogen and oxygen atoms in total. The van der Waals surface area contributed by atoms with Crippen LogP contribution in [0.4, 0.5) is 0 Å². The van der Waals surface area contributed by atoms with Crippen LogP contribution in [0.2, 0.25) is 5.15 Å². The third-order valence-corrected chi connectivity index (χ3v) is 4.55. The first kappa shape index (κ1) is 19.8. The van der Waals surface area contributed by atoms with Crippen LogP contribution in [-0.2, 0) is 9.53 Å². The molecule has 0 aliphatic heterocycles. The van der Waals surface area contributed by atoms with Crippen LogP contribution in [0.1, 0.15) is 41.7 Å². The molecule has 0 spiro atoms. The summed E-state index contributed by atoms with van der Waals surface area (Å²) in [5, 5.41) is 4.10. The van der Waals surface area contributed by atoms with Gasteiger partial charge < -0.3 is 10.1 Å². The molecule has 0 radical (unpaired) electrons. The van der Waals surface area contributed by atoms with Crippen LogP contribution < -0.4 is 5.32 Å². The normalized spacial score (nSPS) is 11.8. The quantitative estimate of drug-likeness (QED) is 0.464. The van der Waals surface area contributed by atoms with E-state index in [1.807, 2.05) is 30.3 Å². The number of fused-ring (bicyclic) bond motifs is 1.